The molecule has 0 aliphatic carbocycles. The summed E-state index contributed by atoms with van der Waals surface area (Å²) in [7, 11) is 5.88. The van der Waals surface area contributed by atoms with E-state index in [9.17, 15) is 33.9 Å². The number of rotatable bonds is 23. The average Bonchev–Trinajstić information content (AvgIpc) is 3.64. The van der Waals surface area contributed by atoms with Crippen molar-refractivity contribution in [1.82, 2.24) is 25.3 Å². The molecule has 1 fully saturated rings. The fraction of sp³-hybridized carbons (Fsp3) is 0.617. The normalized spacial score (nSPS) is 18.9. The second kappa shape index (κ2) is 24.7. The first-order chi connectivity index (χ1) is 29.8. The van der Waals surface area contributed by atoms with Gasteiger partial charge in [0.2, 0.25) is 23.6 Å². The van der Waals surface area contributed by atoms with E-state index in [1.165, 1.54) is 36.0 Å². The number of likely N-dealkylation sites (tertiary alicyclic amines) is 1. The molecule has 3 N–H and O–H groups in total. The molecule has 5 amide bonds. The van der Waals surface area contributed by atoms with Crippen molar-refractivity contribution < 1.29 is 52.5 Å². The topological polar surface area (TPSA) is 184 Å². The van der Waals surface area contributed by atoms with E-state index in [0.29, 0.717) is 6.42 Å². The van der Waals surface area contributed by atoms with Gasteiger partial charge in [0.05, 0.1) is 43.2 Å². The van der Waals surface area contributed by atoms with E-state index in [1.54, 1.807) is 72.0 Å². The van der Waals surface area contributed by atoms with Gasteiger partial charge in [0.25, 0.3) is 0 Å². The maximum atomic E-state index is 15.3. The van der Waals surface area contributed by atoms with E-state index in [4.69, 9.17) is 14.2 Å². The summed E-state index contributed by atoms with van der Waals surface area (Å²) >= 11 is 0. The highest BCUT2D eigenvalue weighted by atomic mass is 19.1. The molecular formula is C47H70FN5O10. The number of ether oxygens (including phenoxy) is 3. The van der Waals surface area contributed by atoms with E-state index in [0.717, 1.165) is 11.1 Å². The lowest BCUT2D eigenvalue weighted by molar-refractivity contribution is -0.148. The molecule has 63 heavy (non-hydrogen) atoms. The minimum absolute atomic E-state index is 0.0229. The van der Waals surface area contributed by atoms with Crippen LogP contribution in [0.1, 0.15) is 78.9 Å². The van der Waals surface area contributed by atoms with E-state index in [2.05, 4.69) is 10.6 Å². The number of carboxylic acid groups (broad SMARTS) is 1. The molecule has 3 rings (SSSR count). The molecule has 0 radical (unpaired) electrons. The molecule has 16 heteroatoms. The third-order valence-corrected chi connectivity index (χ3v) is 12.2. The van der Waals surface area contributed by atoms with Gasteiger partial charge >= 0.3 is 12.1 Å². The van der Waals surface area contributed by atoms with Crippen LogP contribution in [0.3, 0.4) is 0 Å². The Bertz CT molecular complexity index is 1800. The molecule has 0 bridgehead atoms. The molecule has 1 heterocycles. The predicted molar refractivity (Wildman–Crippen MR) is 236 cm³/mol. The van der Waals surface area contributed by atoms with Crippen LogP contribution in [-0.4, -0.2) is 139 Å². The van der Waals surface area contributed by atoms with Crippen molar-refractivity contribution in [1.29, 1.82) is 0 Å². The first kappa shape index (κ1) is 52.3. The second-order valence-corrected chi connectivity index (χ2v) is 17.4. The number of nitrogens with one attached hydrogen (secondary N) is 2. The molecule has 0 aromatic heterocycles. The van der Waals surface area contributed by atoms with Crippen molar-refractivity contribution in [3.63, 3.8) is 0 Å². The number of halogens is 1. The van der Waals surface area contributed by atoms with Crippen molar-refractivity contribution in [2.24, 2.45) is 23.7 Å². The van der Waals surface area contributed by atoms with Gasteiger partial charge in [-0.3, -0.25) is 24.1 Å². The maximum absolute atomic E-state index is 15.3. The Morgan fingerprint density at radius 3 is 1.92 bits per heavy atom. The monoisotopic (exact) mass is 884 g/mol. The predicted octanol–water partition coefficient (Wildman–Crippen LogP) is 5.10. The van der Waals surface area contributed by atoms with Gasteiger partial charge in [-0.15, -0.1) is 0 Å². The van der Waals surface area contributed by atoms with Gasteiger partial charge in [-0.2, -0.15) is 0 Å². The summed E-state index contributed by atoms with van der Waals surface area (Å²) in [5.41, 5.74) is 1.51. The van der Waals surface area contributed by atoms with Crippen LogP contribution in [-0.2, 0) is 51.2 Å². The fourth-order valence-electron chi connectivity index (χ4n) is 8.46. The second-order valence-electron chi connectivity index (χ2n) is 17.4. The third kappa shape index (κ3) is 14.2. The molecule has 1 saturated heterocycles. The maximum Gasteiger partial charge on any atom is 0.410 e. The largest absolute Gasteiger partial charge is 0.480 e. The number of carbonyl (C=O) groups is 6. The van der Waals surface area contributed by atoms with Crippen LogP contribution in [0, 0.1) is 23.7 Å². The summed E-state index contributed by atoms with van der Waals surface area (Å²) in [6.07, 6.45) is -3.66. The van der Waals surface area contributed by atoms with E-state index in [1.807, 2.05) is 44.2 Å². The van der Waals surface area contributed by atoms with Gasteiger partial charge in [0.1, 0.15) is 30.9 Å². The van der Waals surface area contributed by atoms with Gasteiger partial charge in [0.15, 0.2) is 0 Å². The molecule has 1 aliphatic rings. The Kier molecular flexibility index (Phi) is 20.5. The number of likely N-dealkylation sites (N-methyl/N-ethyl adjacent to an activating group) is 2. The highest BCUT2D eigenvalue weighted by Gasteiger charge is 2.46. The Balaban J connectivity index is 1.79. The van der Waals surface area contributed by atoms with Gasteiger partial charge < -0.3 is 39.8 Å². The summed E-state index contributed by atoms with van der Waals surface area (Å²) in [5, 5.41) is 15.4. The summed E-state index contributed by atoms with van der Waals surface area (Å²) in [6.45, 7) is 12.4. The number of carbonyl (C=O) groups excluding carboxylic acids is 5. The van der Waals surface area contributed by atoms with Gasteiger partial charge in [-0.05, 0) is 28.9 Å². The highest BCUT2D eigenvalue weighted by molar-refractivity contribution is 5.92. The number of alkyl halides is 1. The quantitative estimate of drug-likeness (QED) is 0.136. The van der Waals surface area contributed by atoms with E-state index in [-0.39, 0.29) is 50.2 Å². The summed E-state index contributed by atoms with van der Waals surface area (Å²) < 4.78 is 32.5. The number of aliphatic carboxylic acids is 1. The molecule has 2 aromatic rings. The Morgan fingerprint density at radius 1 is 0.825 bits per heavy atom. The smallest absolute Gasteiger partial charge is 0.410 e. The molecule has 350 valence electrons. The molecule has 10 atom stereocenters. The lowest BCUT2D eigenvalue weighted by atomic mass is 9.89. The molecule has 2 unspecified atom stereocenters. The van der Waals surface area contributed by atoms with Gasteiger partial charge in [0, 0.05) is 41.2 Å². The van der Waals surface area contributed by atoms with Crippen LogP contribution in [0.4, 0.5) is 9.18 Å². The number of nitrogens with zero attached hydrogens (tertiary/aromatic N) is 3. The zero-order valence-electron chi connectivity index (χ0n) is 38.8. The zero-order valence-corrected chi connectivity index (χ0v) is 38.8. The Hall–Kier alpha value is -5.09. The number of amides is 5. The van der Waals surface area contributed by atoms with Crippen LogP contribution >= 0.6 is 0 Å². The Morgan fingerprint density at radius 2 is 1.41 bits per heavy atom. The number of hydrogen-bond donors (Lipinski definition) is 3. The molecule has 2 aromatic carbocycles. The third-order valence-electron chi connectivity index (χ3n) is 12.2. The summed E-state index contributed by atoms with van der Waals surface area (Å²) in [4.78, 5) is 85.6. The zero-order chi connectivity index (χ0) is 47.1. The van der Waals surface area contributed by atoms with Crippen LogP contribution in [0.25, 0.3) is 0 Å². The van der Waals surface area contributed by atoms with Crippen LogP contribution in [0.15, 0.2) is 60.7 Å². The summed E-state index contributed by atoms with van der Waals surface area (Å²) in [6, 6.07) is 13.3. The number of methoxy groups -OCH3 is 2. The van der Waals surface area contributed by atoms with Crippen LogP contribution < -0.4 is 10.6 Å². The standard InChI is InChI=1S/C47H70FN5O10/c1-12-30(6)41(51(8)45(57)39(28(2)3)50-44(56)40(29(4)5)52(9)47(60)63-27-33-21-17-14-18-22-33)37(61-10)25-38(54)53-26-34(48)24-36(53)42(62-11)31(7)43(55)49-35(46(58)59)23-32-19-15-13-16-20-32/h13-22,28-31,34-37,39-42H,12,23-27H2,1-11H3,(H,49,55)(H,50,56)(H,58,59)/t30-,31+,34-,35?,36-,37+,39-,40-,41?,42+/m0/s1. The molecular weight excluding hydrogens is 814 g/mol. The van der Waals surface area contributed by atoms with E-state index < -0.39 is 90.2 Å². The van der Waals surface area contributed by atoms with Crippen molar-refractivity contribution in [3.8, 4) is 0 Å². The summed E-state index contributed by atoms with van der Waals surface area (Å²) in [5.74, 6) is -5.16. The average molecular weight is 884 g/mol. The first-order valence-corrected chi connectivity index (χ1v) is 21.8. The lowest BCUT2D eigenvalue weighted by Gasteiger charge is -2.41. The van der Waals surface area contributed by atoms with Crippen molar-refractivity contribution >= 4 is 35.7 Å². The Labute approximate surface area is 372 Å². The van der Waals surface area contributed by atoms with E-state index >= 15 is 4.39 Å². The van der Waals surface area contributed by atoms with Gasteiger partial charge in [-0.25, -0.2) is 14.0 Å². The highest BCUT2D eigenvalue weighted by Crippen LogP contribution is 2.31. The molecule has 15 nitrogen and oxygen atoms in total. The van der Waals surface area contributed by atoms with Crippen molar-refractivity contribution in [2.75, 3.05) is 34.9 Å². The number of benzene rings is 2. The SMILES string of the molecule is CC[C@H](C)C([C@@H](CC(=O)N1C[C@@H](F)C[C@H]1[C@H](OC)[C@@H](C)C(=O)NC(Cc1ccccc1)C(=O)O)OC)N(C)C(=O)[C@@H](NC(=O)[C@H](C(C)C)N(C)C(=O)OCc1ccccc1)C(C)C. The van der Waals surface area contributed by atoms with Crippen molar-refractivity contribution in [2.45, 2.75) is 129 Å². The minimum Gasteiger partial charge on any atom is -0.480 e. The number of carboxylic acids is 1. The van der Waals surface area contributed by atoms with Crippen LogP contribution in [0.2, 0.25) is 0 Å². The van der Waals surface area contributed by atoms with Gasteiger partial charge in [-0.1, -0.05) is 116 Å². The fourth-order valence-corrected chi connectivity index (χ4v) is 8.46. The minimum atomic E-state index is -1.41. The molecule has 0 saturated carbocycles. The lowest BCUT2D eigenvalue weighted by Crippen LogP contribution is -2.60. The van der Waals surface area contributed by atoms with Crippen molar-refractivity contribution in [3.05, 3.63) is 71.8 Å². The number of hydrogen-bond acceptors (Lipinski definition) is 9. The first-order valence-electron chi connectivity index (χ1n) is 21.8. The van der Waals surface area contributed by atoms with Crippen LogP contribution in [0.5, 0.6) is 0 Å². The molecule has 0 spiro atoms. The molecule has 1 aliphatic heterocycles.